The Kier molecular flexibility index (Phi) is 3.03. The summed E-state index contributed by atoms with van der Waals surface area (Å²) in [6.07, 6.45) is 0. The van der Waals surface area contributed by atoms with Crippen LogP contribution in [0.25, 0.3) is 0 Å². The number of nitrogens with zero attached hydrogens (tertiary/aromatic N) is 2. The zero-order valence-electron chi connectivity index (χ0n) is 8.53. The Morgan fingerprint density at radius 1 is 1.62 bits per heavy atom. The molecule has 1 N–H and O–H groups in total. The maximum absolute atomic E-state index is 9.53. The van der Waals surface area contributed by atoms with Gasteiger partial charge in [-0.1, -0.05) is 0 Å². The Morgan fingerprint density at radius 3 is 2.62 bits per heavy atom. The molecule has 1 aromatic rings. The zero-order valence-corrected chi connectivity index (χ0v) is 9.35. The second kappa shape index (κ2) is 3.72. The van der Waals surface area contributed by atoms with Gasteiger partial charge in [-0.25, -0.2) is 0 Å². The quantitative estimate of drug-likeness (QED) is 0.753. The summed E-state index contributed by atoms with van der Waals surface area (Å²) in [5, 5.41) is 14.8. The van der Waals surface area contributed by atoms with Gasteiger partial charge in [0.2, 0.25) is 0 Å². The first-order valence-corrected chi connectivity index (χ1v) is 5.23. The van der Waals surface area contributed by atoms with E-state index < -0.39 is 5.60 Å². The van der Waals surface area contributed by atoms with Gasteiger partial charge in [-0.3, -0.25) is 4.68 Å². The van der Waals surface area contributed by atoms with E-state index in [4.69, 9.17) is 0 Å². The van der Waals surface area contributed by atoms with Gasteiger partial charge >= 0.3 is 0 Å². The lowest BCUT2D eigenvalue weighted by Crippen LogP contribution is -2.21. The molecule has 0 fully saturated rings. The van der Waals surface area contributed by atoms with Crippen LogP contribution in [-0.2, 0) is 7.05 Å². The molecular weight excluding hydrogens is 184 g/mol. The van der Waals surface area contributed by atoms with Gasteiger partial charge in [0, 0.05) is 12.8 Å². The van der Waals surface area contributed by atoms with Crippen molar-refractivity contribution in [3.63, 3.8) is 0 Å². The van der Waals surface area contributed by atoms with Crippen molar-refractivity contribution in [1.29, 1.82) is 0 Å². The second-order valence-electron chi connectivity index (χ2n) is 3.85. The van der Waals surface area contributed by atoms with Crippen LogP contribution in [0, 0.1) is 6.92 Å². The Balaban J connectivity index is 2.59. The first-order valence-electron chi connectivity index (χ1n) is 4.24. The van der Waals surface area contributed by atoms with Crippen LogP contribution in [-0.4, -0.2) is 26.2 Å². The molecule has 0 bridgehead atoms. The fourth-order valence-electron chi connectivity index (χ4n) is 0.973. The largest absolute Gasteiger partial charge is 0.390 e. The molecule has 0 aliphatic rings. The standard InChI is InChI=1S/C9H16N2OS/c1-7-5-8(11(4)10-7)13-6-9(2,3)12/h5,12H,6H2,1-4H3. The van der Waals surface area contributed by atoms with Crippen LogP contribution in [0.2, 0.25) is 0 Å². The average molecular weight is 200 g/mol. The maximum Gasteiger partial charge on any atom is 0.0940 e. The third-order valence-electron chi connectivity index (χ3n) is 1.53. The molecule has 0 unspecified atom stereocenters. The molecule has 0 aliphatic heterocycles. The first-order chi connectivity index (χ1) is 5.88. The number of hydrogen-bond donors (Lipinski definition) is 1. The minimum atomic E-state index is -0.622. The minimum absolute atomic E-state index is 0.622. The third kappa shape index (κ3) is 3.40. The highest BCUT2D eigenvalue weighted by Crippen LogP contribution is 2.22. The summed E-state index contributed by atoms with van der Waals surface area (Å²) in [4.78, 5) is 0. The summed E-state index contributed by atoms with van der Waals surface area (Å²) in [7, 11) is 1.92. The highest BCUT2D eigenvalue weighted by atomic mass is 32.2. The average Bonchev–Trinajstić information content (AvgIpc) is 2.24. The number of hydrogen-bond acceptors (Lipinski definition) is 3. The molecule has 3 nitrogen and oxygen atoms in total. The molecule has 0 amide bonds. The molecule has 0 aliphatic carbocycles. The van der Waals surface area contributed by atoms with Crippen LogP contribution in [0.15, 0.2) is 11.1 Å². The van der Waals surface area contributed by atoms with E-state index in [1.807, 2.05) is 38.6 Å². The number of aliphatic hydroxyl groups is 1. The molecular formula is C9H16N2OS. The van der Waals surface area contributed by atoms with Gasteiger partial charge in [-0.2, -0.15) is 5.10 Å². The predicted molar refractivity (Wildman–Crippen MR) is 55.0 cm³/mol. The Labute approximate surface area is 83.1 Å². The van der Waals surface area contributed by atoms with Crippen molar-refractivity contribution in [2.75, 3.05) is 5.75 Å². The third-order valence-corrected chi connectivity index (χ3v) is 3.06. The summed E-state index contributed by atoms with van der Waals surface area (Å²) < 4.78 is 1.84. The molecule has 0 radical (unpaired) electrons. The Morgan fingerprint density at radius 2 is 2.23 bits per heavy atom. The van der Waals surface area contributed by atoms with Gasteiger partial charge in [0.15, 0.2) is 0 Å². The van der Waals surface area contributed by atoms with Gasteiger partial charge in [-0.15, -0.1) is 11.8 Å². The smallest absolute Gasteiger partial charge is 0.0940 e. The van der Waals surface area contributed by atoms with E-state index >= 15 is 0 Å². The van der Waals surface area contributed by atoms with Crippen molar-refractivity contribution in [3.05, 3.63) is 11.8 Å². The number of aromatic nitrogens is 2. The van der Waals surface area contributed by atoms with Crippen LogP contribution in [0.5, 0.6) is 0 Å². The molecule has 1 aromatic heterocycles. The van der Waals surface area contributed by atoms with E-state index in [0.29, 0.717) is 5.75 Å². The van der Waals surface area contributed by atoms with Gasteiger partial charge in [0.25, 0.3) is 0 Å². The summed E-state index contributed by atoms with van der Waals surface area (Å²) in [6.45, 7) is 5.58. The molecule has 74 valence electrons. The van der Waals surface area contributed by atoms with Crippen molar-refractivity contribution in [2.24, 2.45) is 7.05 Å². The highest BCUT2D eigenvalue weighted by Gasteiger charge is 2.14. The highest BCUT2D eigenvalue weighted by molar-refractivity contribution is 7.99. The lowest BCUT2D eigenvalue weighted by molar-refractivity contribution is 0.107. The summed E-state index contributed by atoms with van der Waals surface area (Å²) in [5.41, 5.74) is 0.392. The van der Waals surface area contributed by atoms with Crippen LogP contribution >= 0.6 is 11.8 Å². The SMILES string of the molecule is Cc1cc(SCC(C)(C)O)n(C)n1. The van der Waals surface area contributed by atoms with Gasteiger partial charge in [-0.05, 0) is 26.8 Å². The summed E-state index contributed by atoms with van der Waals surface area (Å²) >= 11 is 1.63. The molecule has 0 aromatic carbocycles. The van der Waals surface area contributed by atoms with Crippen LogP contribution < -0.4 is 0 Å². The molecule has 0 saturated heterocycles. The Hall–Kier alpha value is -0.480. The number of aryl methyl sites for hydroxylation is 2. The zero-order chi connectivity index (χ0) is 10.1. The van der Waals surface area contributed by atoms with Crippen molar-refractivity contribution in [2.45, 2.75) is 31.4 Å². The van der Waals surface area contributed by atoms with Crippen molar-refractivity contribution >= 4 is 11.8 Å². The van der Waals surface area contributed by atoms with Crippen molar-refractivity contribution in [1.82, 2.24) is 9.78 Å². The molecule has 13 heavy (non-hydrogen) atoms. The van der Waals surface area contributed by atoms with Crippen LogP contribution in [0.1, 0.15) is 19.5 Å². The lowest BCUT2D eigenvalue weighted by Gasteiger charge is -2.15. The Bertz CT molecular complexity index is 288. The van der Waals surface area contributed by atoms with E-state index in [9.17, 15) is 5.11 Å². The maximum atomic E-state index is 9.53. The minimum Gasteiger partial charge on any atom is -0.390 e. The normalized spacial score (nSPS) is 12.1. The van der Waals surface area contributed by atoms with Crippen molar-refractivity contribution in [3.8, 4) is 0 Å². The number of thioether (sulfide) groups is 1. The van der Waals surface area contributed by atoms with E-state index in [0.717, 1.165) is 10.7 Å². The molecule has 1 heterocycles. The monoisotopic (exact) mass is 200 g/mol. The van der Waals surface area contributed by atoms with Gasteiger partial charge in [0.1, 0.15) is 0 Å². The molecule has 0 saturated carbocycles. The van der Waals surface area contributed by atoms with E-state index in [-0.39, 0.29) is 0 Å². The van der Waals surface area contributed by atoms with E-state index in [2.05, 4.69) is 5.10 Å². The molecule has 0 spiro atoms. The first kappa shape index (κ1) is 10.6. The molecule has 1 rings (SSSR count). The summed E-state index contributed by atoms with van der Waals surface area (Å²) in [6, 6.07) is 2.02. The topological polar surface area (TPSA) is 38.0 Å². The predicted octanol–water partition coefficient (Wildman–Crippen LogP) is 1.59. The second-order valence-corrected chi connectivity index (χ2v) is 4.84. The fourth-order valence-corrected chi connectivity index (χ4v) is 1.96. The number of rotatable bonds is 3. The lowest BCUT2D eigenvalue weighted by atomic mass is 10.2. The molecule has 4 heteroatoms. The van der Waals surface area contributed by atoms with Crippen LogP contribution in [0.3, 0.4) is 0 Å². The van der Waals surface area contributed by atoms with E-state index in [1.54, 1.807) is 11.8 Å². The van der Waals surface area contributed by atoms with Crippen LogP contribution in [0.4, 0.5) is 0 Å². The van der Waals surface area contributed by atoms with E-state index in [1.165, 1.54) is 0 Å². The van der Waals surface area contributed by atoms with Crippen molar-refractivity contribution < 1.29 is 5.11 Å². The summed E-state index contributed by atoms with van der Waals surface area (Å²) in [5.74, 6) is 0.686. The van der Waals surface area contributed by atoms with Gasteiger partial charge in [0.05, 0.1) is 16.3 Å². The van der Waals surface area contributed by atoms with Gasteiger partial charge < -0.3 is 5.11 Å². The fraction of sp³-hybridized carbons (Fsp3) is 0.667. The molecule has 0 atom stereocenters.